The SMILES string of the molecule is COc1ccc(F)c(Nc2nc(=O)c(F)cn2Cc2cc(F)c(F)c(F)c2)c1. The van der Waals surface area contributed by atoms with E-state index in [0.717, 1.165) is 16.8 Å². The normalized spacial score (nSPS) is 10.8. The summed E-state index contributed by atoms with van der Waals surface area (Å²) in [6.07, 6.45) is 0.731. The van der Waals surface area contributed by atoms with Crippen LogP contribution in [0, 0.1) is 29.1 Å². The molecular weight excluding hydrogens is 385 g/mol. The zero-order valence-corrected chi connectivity index (χ0v) is 14.3. The Morgan fingerprint density at radius 1 is 1.00 bits per heavy atom. The Labute approximate surface area is 155 Å². The van der Waals surface area contributed by atoms with Crippen LogP contribution in [0.3, 0.4) is 0 Å². The predicted octanol–water partition coefficient (Wildman–Crippen LogP) is 3.74. The molecule has 0 unspecified atom stereocenters. The first-order chi connectivity index (χ1) is 13.3. The summed E-state index contributed by atoms with van der Waals surface area (Å²) in [5, 5.41) is 2.51. The molecule has 28 heavy (non-hydrogen) atoms. The van der Waals surface area contributed by atoms with E-state index < -0.39 is 34.6 Å². The van der Waals surface area contributed by atoms with Crippen molar-refractivity contribution < 1.29 is 26.7 Å². The van der Waals surface area contributed by atoms with Crippen molar-refractivity contribution in [1.29, 1.82) is 0 Å². The molecule has 0 aliphatic heterocycles. The van der Waals surface area contributed by atoms with Gasteiger partial charge in [-0.15, -0.1) is 0 Å². The molecule has 0 bridgehead atoms. The molecule has 2 aromatic carbocycles. The number of methoxy groups -OCH3 is 1. The Balaban J connectivity index is 2.03. The van der Waals surface area contributed by atoms with Crippen molar-refractivity contribution in [2.75, 3.05) is 12.4 Å². The van der Waals surface area contributed by atoms with Crippen LogP contribution in [0.15, 0.2) is 41.3 Å². The van der Waals surface area contributed by atoms with Gasteiger partial charge in [0.05, 0.1) is 19.3 Å². The number of hydrogen-bond acceptors (Lipinski definition) is 4. The minimum atomic E-state index is -1.65. The Hall–Kier alpha value is -3.43. The van der Waals surface area contributed by atoms with Gasteiger partial charge in [0.2, 0.25) is 11.8 Å². The van der Waals surface area contributed by atoms with Gasteiger partial charge in [0.1, 0.15) is 11.6 Å². The van der Waals surface area contributed by atoms with Crippen LogP contribution in [0.25, 0.3) is 0 Å². The van der Waals surface area contributed by atoms with Crippen LogP contribution in [-0.4, -0.2) is 16.7 Å². The highest BCUT2D eigenvalue weighted by atomic mass is 19.2. The van der Waals surface area contributed by atoms with E-state index in [2.05, 4.69) is 10.3 Å². The minimum absolute atomic E-state index is 0.0737. The molecule has 0 radical (unpaired) electrons. The topological polar surface area (TPSA) is 56.1 Å². The van der Waals surface area contributed by atoms with E-state index in [1.165, 1.54) is 19.2 Å². The molecule has 146 valence electrons. The zero-order valence-electron chi connectivity index (χ0n) is 14.3. The van der Waals surface area contributed by atoms with Crippen LogP contribution < -0.4 is 15.6 Å². The third-order valence-electron chi connectivity index (χ3n) is 3.77. The summed E-state index contributed by atoms with van der Waals surface area (Å²) < 4.78 is 73.7. The molecular formula is C18H12F5N3O2. The quantitative estimate of drug-likeness (QED) is 0.527. The van der Waals surface area contributed by atoms with Gasteiger partial charge in [-0.3, -0.25) is 4.79 Å². The first kappa shape index (κ1) is 19.3. The largest absolute Gasteiger partial charge is 0.497 e. The van der Waals surface area contributed by atoms with Crippen molar-refractivity contribution in [2.45, 2.75) is 6.54 Å². The summed E-state index contributed by atoms with van der Waals surface area (Å²) >= 11 is 0. The van der Waals surface area contributed by atoms with Crippen LogP contribution in [0.5, 0.6) is 5.75 Å². The summed E-state index contributed by atoms with van der Waals surface area (Å²) in [5.41, 5.74) is -1.43. The molecule has 0 atom stereocenters. The van der Waals surface area contributed by atoms with Crippen LogP contribution in [0.2, 0.25) is 0 Å². The summed E-state index contributed by atoms with van der Waals surface area (Å²) in [6, 6.07) is 5.15. The number of nitrogens with zero attached hydrogens (tertiary/aromatic N) is 2. The van der Waals surface area contributed by atoms with Gasteiger partial charge in [0.15, 0.2) is 17.5 Å². The van der Waals surface area contributed by atoms with Crippen molar-refractivity contribution in [3.8, 4) is 5.75 Å². The highest BCUT2D eigenvalue weighted by molar-refractivity contribution is 5.57. The third kappa shape index (κ3) is 3.95. The number of ether oxygens (including phenoxy) is 1. The second kappa shape index (κ2) is 7.67. The van der Waals surface area contributed by atoms with Crippen LogP contribution in [0.1, 0.15) is 5.56 Å². The van der Waals surface area contributed by atoms with E-state index >= 15 is 0 Å². The lowest BCUT2D eigenvalue weighted by Gasteiger charge is -2.15. The Morgan fingerprint density at radius 3 is 2.32 bits per heavy atom. The van der Waals surface area contributed by atoms with Gasteiger partial charge >= 0.3 is 5.56 Å². The highest BCUT2D eigenvalue weighted by Crippen LogP contribution is 2.24. The Morgan fingerprint density at radius 2 is 1.68 bits per heavy atom. The molecule has 5 nitrogen and oxygen atoms in total. The average molecular weight is 397 g/mol. The van der Waals surface area contributed by atoms with Gasteiger partial charge in [0.25, 0.3) is 0 Å². The number of benzene rings is 2. The summed E-state index contributed by atoms with van der Waals surface area (Å²) in [7, 11) is 1.36. The number of halogens is 5. The molecule has 0 amide bonds. The molecule has 0 aliphatic carbocycles. The smallest absolute Gasteiger partial charge is 0.310 e. The molecule has 0 aliphatic rings. The maximum Gasteiger partial charge on any atom is 0.310 e. The fourth-order valence-electron chi connectivity index (χ4n) is 2.43. The maximum atomic E-state index is 14.0. The molecule has 0 saturated carbocycles. The number of rotatable bonds is 5. The standard InChI is InChI=1S/C18H12F5N3O2/c1-28-10-2-3-11(19)15(6-10)24-18-25-17(27)14(22)8-26(18)7-9-4-12(20)16(23)13(21)5-9/h2-6,8H,7H2,1H3,(H,24,25,27). The highest BCUT2D eigenvalue weighted by Gasteiger charge is 2.15. The third-order valence-corrected chi connectivity index (χ3v) is 3.77. The molecule has 0 saturated heterocycles. The number of hydrogen-bond donors (Lipinski definition) is 1. The van der Waals surface area contributed by atoms with E-state index in [1.807, 2.05) is 0 Å². The zero-order chi connectivity index (χ0) is 20.4. The van der Waals surface area contributed by atoms with Crippen molar-refractivity contribution in [2.24, 2.45) is 0 Å². The van der Waals surface area contributed by atoms with E-state index in [-0.39, 0.29) is 23.7 Å². The van der Waals surface area contributed by atoms with Gasteiger partial charge < -0.3 is 14.6 Å². The lowest BCUT2D eigenvalue weighted by molar-refractivity contribution is 0.414. The first-order valence-electron chi connectivity index (χ1n) is 7.79. The minimum Gasteiger partial charge on any atom is -0.497 e. The van der Waals surface area contributed by atoms with Gasteiger partial charge in [-0.05, 0) is 29.8 Å². The van der Waals surface area contributed by atoms with E-state index in [0.29, 0.717) is 17.9 Å². The monoisotopic (exact) mass is 397 g/mol. The Kier molecular flexibility index (Phi) is 5.30. The molecule has 0 fully saturated rings. The van der Waals surface area contributed by atoms with E-state index in [4.69, 9.17) is 4.74 Å². The number of nitrogens with one attached hydrogen (secondary N) is 1. The number of anilines is 2. The molecule has 1 heterocycles. The van der Waals surface area contributed by atoms with Gasteiger partial charge in [-0.1, -0.05) is 0 Å². The molecule has 1 N–H and O–H groups in total. The van der Waals surface area contributed by atoms with Gasteiger partial charge in [-0.25, -0.2) is 17.6 Å². The van der Waals surface area contributed by atoms with Gasteiger partial charge in [-0.2, -0.15) is 9.37 Å². The van der Waals surface area contributed by atoms with Crippen molar-refractivity contribution in [1.82, 2.24) is 9.55 Å². The fraction of sp³-hybridized carbons (Fsp3) is 0.111. The first-order valence-corrected chi connectivity index (χ1v) is 7.79. The fourth-order valence-corrected chi connectivity index (χ4v) is 2.43. The molecule has 1 aromatic heterocycles. The van der Waals surface area contributed by atoms with Crippen molar-refractivity contribution >= 4 is 11.6 Å². The summed E-state index contributed by atoms with van der Waals surface area (Å²) in [6.45, 7) is -0.383. The molecule has 3 aromatic rings. The van der Waals surface area contributed by atoms with E-state index in [1.54, 1.807) is 0 Å². The Bertz CT molecular complexity index is 1080. The molecule has 0 spiro atoms. The van der Waals surface area contributed by atoms with Crippen LogP contribution in [-0.2, 0) is 6.54 Å². The van der Waals surface area contributed by atoms with Crippen molar-refractivity contribution in [3.05, 3.63) is 81.5 Å². The lowest BCUT2D eigenvalue weighted by Crippen LogP contribution is -2.20. The molecule has 3 rings (SSSR count). The average Bonchev–Trinajstić information content (AvgIpc) is 2.65. The van der Waals surface area contributed by atoms with Crippen LogP contribution in [0.4, 0.5) is 33.6 Å². The molecule has 10 heteroatoms. The summed E-state index contributed by atoms with van der Waals surface area (Å²) in [5.74, 6) is -6.48. The number of aromatic nitrogens is 2. The maximum absolute atomic E-state index is 14.0. The second-order valence-electron chi connectivity index (χ2n) is 5.69. The van der Waals surface area contributed by atoms with E-state index in [9.17, 15) is 26.7 Å². The lowest BCUT2D eigenvalue weighted by atomic mass is 10.2. The van der Waals surface area contributed by atoms with Crippen molar-refractivity contribution in [3.63, 3.8) is 0 Å². The predicted molar refractivity (Wildman–Crippen MR) is 90.1 cm³/mol. The summed E-state index contributed by atoms with van der Waals surface area (Å²) in [4.78, 5) is 15.0. The second-order valence-corrected chi connectivity index (χ2v) is 5.69. The van der Waals surface area contributed by atoms with Gasteiger partial charge in [0, 0.05) is 12.3 Å². The van der Waals surface area contributed by atoms with Crippen LogP contribution >= 0.6 is 0 Å².